The first-order chi connectivity index (χ1) is 5.22. The first-order valence-corrected chi connectivity index (χ1v) is 5.16. The summed E-state index contributed by atoms with van der Waals surface area (Å²) in [4.78, 5) is 1.97. The average molecular weight is 172 g/mol. The van der Waals surface area contributed by atoms with Crippen molar-refractivity contribution in [3.63, 3.8) is 0 Å². The Morgan fingerprint density at radius 2 is 2.18 bits per heavy atom. The normalized spacial score (nSPS) is 13.0. The molecule has 0 N–H and O–H groups in total. The van der Waals surface area contributed by atoms with Crippen molar-refractivity contribution >= 4 is 11.8 Å². The molecule has 0 bridgehead atoms. The van der Waals surface area contributed by atoms with Gasteiger partial charge < -0.3 is 0 Å². The molecule has 0 fully saturated rings. The summed E-state index contributed by atoms with van der Waals surface area (Å²) in [5.74, 6) is 1.16. The fourth-order valence-corrected chi connectivity index (χ4v) is 1.31. The predicted octanol–water partition coefficient (Wildman–Crippen LogP) is 1.58. The number of thioether (sulfide) groups is 1. The minimum atomic E-state index is 0.0992. The second kappa shape index (κ2) is 6.51. The van der Waals surface area contributed by atoms with E-state index in [1.807, 2.05) is 30.8 Å². The zero-order valence-electron chi connectivity index (χ0n) is 7.50. The fourth-order valence-electron chi connectivity index (χ4n) is 0.859. The van der Waals surface area contributed by atoms with Crippen LogP contribution in [0, 0.1) is 11.3 Å². The Hall–Kier alpha value is -0.200. The van der Waals surface area contributed by atoms with E-state index in [0.717, 1.165) is 18.6 Å². The molecular weight excluding hydrogens is 156 g/mol. The van der Waals surface area contributed by atoms with Crippen LogP contribution in [0.4, 0.5) is 0 Å². The van der Waals surface area contributed by atoms with E-state index in [-0.39, 0.29) is 6.04 Å². The molecule has 0 rings (SSSR count). The van der Waals surface area contributed by atoms with Gasteiger partial charge in [0.15, 0.2) is 0 Å². The Balaban J connectivity index is 3.47. The fraction of sp³-hybridized carbons (Fsp3) is 0.875. The molecule has 0 aromatic carbocycles. The highest BCUT2D eigenvalue weighted by atomic mass is 32.2. The molecule has 1 atom stereocenters. The molecule has 0 aliphatic rings. The third kappa shape index (κ3) is 5.11. The van der Waals surface area contributed by atoms with Crippen LogP contribution in [0.5, 0.6) is 0 Å². The van der Waals surface area contributed by atoms with Gasteiger partial charge >= 0.3 is 0 Å². The second-order valence-electron chi connectivity index (χ2n) is 2.74. The van der Waals surface area contributed by atoms with Gasteiger partial charge in [-0.3, -0.25) is 4.90 Å². The van der Waals surface area contributed by atoms with Crippen LogP contribution in [0.2, 0.25) is 0 Å². The molecule has 0 radical (unpaired) electrons. The van der Waals surface area contributed by atoms with Gasteiger partial charge in [-0.05, 0) is 38.9 Å². The van der Waals surface area contributed by atoms with E-state index in [1.54, 1.807) is 0 Å². The lowest BCUT2D eigenvalue weighted by atomic mass is 10.2. The first kappa shape index (κ1) is 10.8. The maximum Gasteiger partial charge on any atom is 0.0973 e. The molecule has 0 saturated heterocycles. The number of hydrogen-bond acceptors (Lipinski definition) is 3. The quantitative estimate of drug-likeness (QED) is 0.589. The van der Waals surface area contributed by atoms with Crippen molar-refractivity contribution in [3.8, 4) is 6.07 Å². The van der Waals surface area contributed by atoms with Crippen molar-refractivity contribution < 1.29 is 0 Å². The summed E-state index contributed by atoms with van der Waals surface area (Å²) >= 11 is 1.84. The van der Waals surface area contributed by atoms with Crippen molar-refractivity contribution in [2.45, 2.75) is 18.9 Å². The molecule has 0 aromatic rings. The lowest BCUT2D eigenvalue weighted by Gasteiger charge is -2.16. The standard InChI is InChI=1S/C8H16N2S/c1-10(2)8(7-9)5-4-6-11-3/h8H,4-6H2,1-3H3. The van der Waals surface area contributed by atoms with Gasteiger partial charge in [-0.2, -0.15) is 17.0 Å². The third-order valence-electron chi connectivity index (χ3n) is 1.60. The van der Waals surface area contributed by atoms with Crippen LogP contribution < -0.4 is 0 Å². The number of nitrogens with zero attached hydrogens (tertiary/aromatic N) is 2. The van der Waals surface area contributed by atoms with Gasteiger partial charge in [-0.1, -0.05) is 0 Å². The van der Waals surface area contributed by atoms with E-state index < -0.39 is 0 Å². The zero-order chi connectivity index (χ0) is 8.69. The molecule has 0 amide bonds. The van der Waals surface area contributed by atoms with Crippen molar-refractivity contribution in [3.05, 3.63) is 0 Å². The second-order valence-corrected chi connectivity index (χ2v) is 3.73. The number of nitriles is 1. The lowest BCUT2D eigenvalue weighted by molar-refractivity contribution is 0.333. The maximum absolute atomic E-state index is 8.70. The Morgan fingerprint density at radius 1 is 1.55 bits per heavy atom. The molecule has 11 heavy (non-hydrogen) atoms. The molecule has 0 aliphatic carbocycles. The smallest absolute Gasteiger partial charge is 0.0973 e. The lowest BCUT2D eigenvalue weighted by Crippen LogP contribution is -2.26. The monoisotopic (exact) mass is 172 g/mol. The van der Waals surface area contributed by atoms with Crippen LogP contribution in [0.15, 0.2) is 0 Å². The van der Waals surface area contributed by atoms with Crippen molar-refractivity contribution in [2.24, 2.45) is 0 Å². The van der Waals surface area contributed by atoms with Gasteiger partial charge in [-0.15, -0.1) is 0 Å². The summed E-state index contributed by atoms with van der Waals surface area (Å²) < 4.78 is 0. The summed E-state index contributed by atoms with van der Waals surface area (Å²) in [6.07, 6.45) is 4.22. The van der Waals surface area contributed by atoms with Crippen LogP contribution in [-0.2, 0) is 0 Å². The Kier molecular flexibility index (Phi) is 6.39. The van der Waals surface area contributed by atoms with E-state index in [2.05, 4.69) is 12.3 Å². The summed E-state index contributed by atoms with van der Waals surface area (Å²) in [5, 5.41) is 8.70. The van der Waals surface area contributed by atoms with Gasteiger partial charge in [0.05, 0.1) is 12.1 Å². The molecule has 1 unspecified atom stereocenters. The molecule has 0 aromatic heterocycles. The van der Waals surface area contributed by atoms with Crippen LogP contribution in [0.1, 0.15) is 12.8 Å². The highest BCUT2D eigenvalue weighted by Gasteiger charge is 2.07. The Bertz CT molecular complexity index is 129. The Labute approximate surface area is 73.6 Å². The summed E-state index contributed by atoms with van der Waals surface area (Å²) in [7, 11) is 3.90. The van der Waals surface area contributed by atoms with Crippen LogP contribution in [-0.4, -0.2) is 37.0 Å². The molecule has 0 aliphatic heterocycles. The van der Waals surface area contributed by atoms with Gasteiger partial charge in [0.2, 0.25) is 0 Å². The molecule has 2 nitrogen and oxygen atoms in total. The molecule has 0 spiro atoms. The topological polar surface area (TPSA) is 27.0 Å². The van der Waals surface area contributed by atoms with Crippen molar-refractivity contribution in [1.29, 1.82) is 5.26 Å². The van der Waals surface area contributed by atoms with Crippen LogP contribution in [0.25, 0.3) is 0 Å². The predicted molar refractivity (Wildman–Crippen MR) is 50.7 cm³/mol. The van der Waals surface area contributed by atoms with E-state index in [4.69, 9.17) is 5.26 Å². The van der Waals surface area contributed by atoms with Crippen molar-refractivity contribution in [1.82, 2.24) is 4.90 Å². The number of hydrogen-bond donors (Lipinski definition) is 0. The maximum atomic E-state index is 8.70. The molecule has 3 heteroatoms. The zero-order valence-corrected chi connectivity index (χ0v) is 8.32. The Morgan fingerprint density at radius 3 is 2.55 bits per heavy atom. The highest BCUT2D eigenvalue weighted by molar-refractivity contribution is 7.98. The highest BCUT2D eigenvalue weighted by Crippen LogP contribution is 2.05. The first-order valence-electron chi connectivity index (χ1n) is 3.77. The van der Waals surface area contributed by atoms with Crippen LogP contribution in [0.3, 0.4) is 0 Å². The van der Waals surface area contributed by atoms with Gasteiger partial charge in [-0.25, -0.2) is 0 Å². The minimum absolute atomic E-state index is 0.0992. The van der Waals surface area contributed by atoms with Crippen molar-refractivity contribution in [2.75, 3.05) is 26.1 Å². The average Bonchev–Trinajstić information content (AvgIpc) is 1.97. The summed E-state index contributed by atoms with van der Waals surface area (Å²) in [5.41, 5.74) is 0. The molecule has 64 valence electrons. The summed E-state index contributed by atoms with van der Waals surface area (Å²) in [6.45, 7) is 0. The van der Waals surface area contributed by atoms with E-state index in [0.29, 0.717) is 0 Å². The van der Waals surface area contributed by atoms with Crippen LogP contribution >= 0.6 is 11.8 Å². The molecule has 0 saturated carbocycles. The summed E-state index contributed by atoms with van der Waals surface area (Å²) in [6, 6.07) is 2.38. The van der Waals surface area contributed by atoms with Gasteiger partial charge in [0.1, 0.15) is 0 Å². The van der Waals surface area contributed by atoms with E-state index in [9.17, 15) is 0 Å². The van der Waals surface area contributed by atoms with Gasteiger partial charge in [0.25, 0.3) is 0 Å². The van der Waals surface area contributed by atoms with E-state index >= 15 is 0 Å². The third-order valence-corrected chi connectivity index (χ3v) is 2.30. The largest absolute Gasteiger partial charge is 0.294 e. The molecular formula is C8H16N2S. The van der Waals surface area contributed by atoms with Gasteiger partial charge in [0, 0.05) is 0 Å². The number of rotatable bonds is 5. The SMILES string of the molecule is CSCCCC(C#N)N(C)C. The van der Waals surface area contributed by atoms with E-state index in [1.165, 1.54) is 0 Å². The molecule has 0 heterocycles. The minimum Gasteiger partial charge on any atom is -0.294 e.